The van der Waals surface area contributed by atoms with E-state index in [2.05, 4.69) is 31.3 Å². The zero-order chi connectivity index (χ0) is 14.4. The van der Waals surface area contributed by atoms with Gasteiger partial charge in [0.2, 0.25) is 0 Å². The van der Waals surface area contributed by atoms with Gasteiger partial charge >= 0.3 is 0 Å². The van der Waals surface area contributed by atoms with Crippen LogP contribution in [-0.4, -0.2) is 12.6 Å². The van der Waals surface area contributed by atoms with Crippen LogP contribution >= 0.6 is 11.6 Å². The van der Waals surface area contributed by atoms with Gasteiger partial charge in [-0.2, -0.15) is 0 Å². The number of ether oxygens (including phenoxy) is 1. The van der Waals surface area contributed by atoms with Gasteiger partial charge in [0.25, 0.3) is 0 Å². The Morgan fingerprint density at radius 1 is 1.10 bits per heavy atom. The molecule has 2 atom stereocenters. The summed E-state index contributed by atoms with van der Waals surface area (Å²) in [6, 6.07) is 18.0. The van der Waals surface area contributed by atoms with Crippen molar-refractivity contribution in [2.24, 2.45) is 0 Å². The van der Waals surface area contributed by atoms with E-state index in [-0.39, 0.29) is 12.1 Å². The van der Waals surface area contributed by atoms with Crippen molar-refractivity contribution < 1.29 is 4.74 Å². The number of hydrogen-bond donors (Lipinski definition) is 1. The number of rotatable bonds is 6. The first-order valence-electron chi connectivity index (χ1n) is 6.91. The predicted molar refractivity (Wildman–Crippen MR) is 84.4 cm³/mol. The van der Waals surface area contributed by atoms with Crippen LogP contribution in [0, 0.1) is 0 Å². The smallest absolute Gasteiger partial charge is 0.121 e. The monoisotopic (exact) mass is 289 g/mol. The van der Waals surface area contributed by atoms with Gasteiger partial charge in [-0.15, -0.1) is 0 Å². The lowest BCUT2D eigenvalue weighted by atomic mass is 10.0. The number of nitrogens with one attached hydrogen (secondary N) is 1. The third-order valence-electron chi connectivity index (χ3n) is 3.17. The molecule has 3 heteroatoms. The Labute approximate surface area is 125 Å². The lowest BCUT2D eigenvalue weighted by Gasteiger charge is -2.26. The zero-order valence-corrected chi connectivity index (χ0v) is 12.6. The molecule has 0 heterocycles. The molecule has 20 heavy (non-hydrogen) atoms. The van der Waals surface area contributed by atoms with E-state index in [1.165, 1.54) is 5.56 Å². The first kappa shape index (κ1) is 14.9. The Kier molecular flexibility index (Phi) is 5.45. The van der Waals surface area contributed by atoms with Crippen molar-refractivity contribution in [3.63, 3.8) is 0 Å². The van der Waals surface area contributed by atoms with Gasteiger partial charge in [0.1, 0.15) is 11.9 Å². The summed E-state index contributed by atoms with van der Waals surface area (Å²) in [4.78, 5) is 0. The van der Waals surface area contributed by atoms with Crippen LogP contribution in [0.25, 0.3) is 0 Å². The highest BCUT2D eigenvalue weighted by atomic mass is 35.5. The van der Waals surface area contributed by atoms with Crippen LogP contribution in [0.15, 0.2) is 54.6 Å². The van der Waals surface area contributed by atoms with Crippen LogP contribution in [-0.2, 0) is 0 Å². The van der Waals surface area contributed by atoms with Gasteiger partial charge in [-0.25, -0.2) is 0 Å². The van der Waals surface area contributed by atoms with Crippen LogP contribution in [0.4, 0.5) is 0 Å². The maximum absolute atomic E-state index is 6.02. The van der Waals surface area contributed by atoms with Crippen LogP contribution in [0.2, 0.25) is 5.02 Å². The van der Waals surface area contributed by atoms with Gasteiger partial charge in [-0.1, -0.05) is 54.9 Å². The SMILES string of the molecule is CCNC(c1ccccc1)C(C)Oc1cccc(Cl)c1. The van der Waals surface area contributed by atoms with Crippen LogP contribution in [0.1, 0.15) is 25.5 Å². The van der Waals surface area contributed by atoms with Gasteiger partial charge in [-0.3, -0.25) is 0 Å². The van der Waals surface area contributed by atoms with Crippen molar-refractivity contribution in [2.45, 2.75) is 26.0 Å². The first-order valence-corrected chi connectivity index (χ1v) is 7.29. The molecule has 0 saturated heterocycles. The van der Waals surface area contributed by atoms with Crippen molar-refractivity contribution in [3.05, 3.63) is 65.2 Å². The number of benzene rings is 2. The van der Waals surface area contributed by atoms with E-state index < -0.39 is 0 Å². The van der Waals surface area contributed by atoms with Crippen LogP contribution in [0.5, 0.6) is 5.75 Å². The standard InChI is InChI=1S/C17H20ClNO/c1-3-19-17(14-8-5-4-6-9-14)13(2)20-16-11-7-10-15(18)12-16/h4-13,17,19H,3H2,1-2H3. The molecule has 0 saturated carbocycles. The van der Waals surface area contributed by atoms with Gasteiger partial charge in [0.15, 0.2) is 0 Å². The van der Waals surface area contributed by atoms with Crippen molar-refractivity contribution in [3.8, 4) is 5.75 Å². The molecule has 2 rings (SSSR count). The molecule has 0 spiro atoms. The molecule has 2 aromatic carbocycles. The summed E-state index contributed by atoms with van der Waals surface area (Å²) in [6.45, 7) is 5.06. The number of likely N-dealkylation sites (N-methyl/N-ethyl adjacent to an activating group) is 1. The molecule has 0 aliphatic heterocycles. The third-order valence-corrected chi connectivity index (χ3v) is 3.41. The summed E-state index contributed by atoms with van der Waals surface area (Å²) >= 11 is 5.99. The molecule has 2 unspecified atom stereocenters. The highest BCUT2D eigenvalue weighted by Crippen LogP contribution is 2.24. The molecule has 106 valence electrons. The second-order valence-corrected chi connectivity index (χ2v) is 5.16. The summed E-state index contributed by atoms with van der Waals surface area (Å²) < 4.78 is 6.02. The van der Waals surface area contributed by atoms with E-state index in [0.29, 0.717) is 5.02 Å². The minimum absolute atomic E-state index is 0.0100. The topological polar surface area (TPSA) is 21.3 Å². The fourth-order valence-electron chi connectivity index (χ4n) is 2.26. The maximum Gasteiger partial charge on any atom is 0.121 e. The van der Waals surface area contributed by atoms with E-state index in [4.69, 9.17) is 16.3 Å². The van der Waals surface area contributed by atoms with E-state index in [1.54, 1.807) is 0 Å². The van der Waals surface area contributed by atoms with Crippen molar-refractivity contribution in [1.82, 2.24) is 5.32 Å². The highest BCUT2D eigenvalue weighted by molar-refractivity contribution is 6.30. The Morgan fingerprint density at radius 2 is 1.85 bits per heavy atom. The second kappa shape index (κ2) is 7.32. The van der Waals surface area contributed by atoms with Crippen molar-refractivity contribution in [2.75, 3.05) is 6.54 Å². The van der Waals surface area contributed by atoms with E-state index in [9.17, 15) is 0 Å². The summed E-state index contributed by atoms with van der Waals surface area (Å²) in [5, 5.41) is 4.16. The quantitative estimate of drug-likeness (QED) is 0.848. The fraction of sp³-hybridized carbons (Fsp3) is 0.294. The molecular formula is C17H20ClNO. The minimum Gasteiger partial charge on any atom is -0.489 e. The van der Waals surface area contributed by atoms with Gasteiger partial charge < -0.3 is 10.1 Å². The summed E-state index contributed by atoms with van der Waals surface area (Å²) in [6.07, 6.45) is 0.0100. The normalized spacial score (nSPS) is 13.8. The Hall–Kier alpha value is -1.51. The van der Waals surface area contributed by atoms with Gasteiger partial charge in [0.05, 0.1) is 6.04 Å². The molecule has 2 aromatic rings. The number of hydrogen-bond acceptors (Lipinski definition) is 2. The van der Waals surface area contributed by atoms with Crippen molar-refractivity contribution in [1.29, 1.82) is 0 Å². The van der Waals surface area contributed by atoms with E-state index in [1.807, 2.05) is 42.5 Å². The van der Waals surface area contributed by atoms with Gasteiger partial charge in [0, 0.05) is 5.02 Å². The predicted octanol–water partition coefficient (Wildman–Crippen LogP) is 4.46. The average molecular weight is 290 g/mol. The Morgan fingerprint density at radius 3 is 2.50 bits per heavy atom. The molecule has 0 aromatic heterocycles. The molecule has 0 aliphatic carbocycles. The molecule has 0 bridgehead atoms. The summed E-state index contributed by atoms with van der Waals surface area (Å²) in [5.41, 5.74) is 1.23. The lowest BCUT2D eigenvalue weighted by molar-refractivity contribution is 0.172. The first-order chi connectivity index (χ1) is 9.70. The van der Waals surface area contributed by atoms with Crippen molar-refractivity contribution >= 4 is 11.6 Å². The molecular weight excluding hydrogens is 270 g/mol. The lowest BCUT2D eigenvalue weighted by Crippen LogP contribution is -2.33. The van der Waals surface area contributed by atoms with E-state index in [0.717, 1.165) is 12.3 Å². The van der Waals surface area contributed by atoms with Gasteiger partial charge in [-0.05, 0) is 37.2 Å². The fourth-order valence-corrected chi connectivity index (χ4v) is 2.44. The second-order valence-electron chi connectivity index (χ2n) is 4.73. The average Bonchev–Trinajstić information content (AvgIpc) is 2.45. The summed E-state index contributed by atoms with van der Waals surface area (Å²) in [5.74, 6) is 0.795. The Balaban J connectivity index is 2.13. The third kappa shape index (κ3) is 3.99. The molecule has 0 fully saturated rings. The molecule has 0 radical (unpaired) electrons. The Bertz CT molecular complexity index is 530. The van der Waals surface area contributed by atoms with Crippen LogP contribution in [0.3, 0.4) is 0 Å². The molecule has 0 aliphatic rings. The summed E-state index contributed by atoms with van der Waals surface area (Å²) in [7, 11) is 0. The molecule has 1 N–H and O–H groups in total. The molecule has 0 amide bonds. The van der Waals surface area contributed by atoms with E-state index >= 15 is 0 Å². The largest absolute Gasteiger partial charge is 0.489 e. The minimum atomic E-state index is 0.0100. The zero-order valence-electron chi connectivity index (χ0n) is 11.8. The molecule has 2 nitrogen and oxygen atoms in total. The maximum atomic E-state index is 6.02. The van der Waals surface area contributed by atoms with Crippen LogP contribution < -0.4 is 10.1 Å². The number of halogens is 1. The highest BCUT2D eigenvalue weighted by Gasteiger charge is 2.19.